The summed E-state index contributed by atoms with van der Waals surface area (Å²) in [5, 5.41) is 12.1. The normalized spacial score (nSPS) is 29.3. The van der Waals surface area contributed by atoms with Crippen molar-refractivity contribution in [2.45, 2.75) is 116 Å². The number of hydrogen-bond donors (Lipinski definition) is 1. The lowest BCUT2D eigenvalue weighted by atomic mass is 9.61. The van der Waals surface area contributed by atoms with E-state index in [1.165, 1.54) is 66.7 Å². The number of hydrogen-bond acceptors (Lipinski definition) is 3. The van der Waals surface area contributed by atoms with Gasteiger partial charge in [0.25, 0.3) is 0 Å². The van der Waals surface area contributed by atoms with Gasteiger partial charge in [-0.15, -0.1) is 11.3 Å². The SMILES string of the molecule is CC[Si](CC)(CC)OC1CCCC2(C)C(C(C)CCCC(O)c3cc4ccccc4s3)CCC12. The van der Waals surface area contributed by atoms with Crippen molar-refractivity contribution in [3.8, 4) is 0 Å². The van der Waals surface area contributed by atoms with Gasteiger partial charge in [-0.25, -0.2) is 0 Å². The van der Waals surface area contributed by atoms with Crippen LogP contribution in [0.5, 0.6) is 0 Å². The van der Waals surface area contributed by atoms with Crippen LogP contribution >= 0.6 is 11.3 Å². The summed E-state index contributed by atoms with van der Waals surface area (Å²) in [7, 11) is -1.55. The van der Waals surface area contributed by atoms with Crippen LogP contribution in [0.25, 0.3) is 10.1 Å². The Morgan fingerprint density at radius 3 is 2.53 bits per heavy atom. The van der Waals surface area contributed by atoms with E-state index in [-0.39, 0.29) is 6.10 Å². The maximum absolute atomic E-state index is 10.8. The molecule has 6 atom stereocenters. The Hall–Kier alpha value is -0.683. The molecule has 0 aliphatic heterocycles. The second-order valence-corrected chi connectivity index (χ2v) is 17.5. The molecule has 1 heterocycles. The molecule has 190 valence electrons. The van der Waals surface area contributed by atoms with Gasteiger partial charge in [0.05, 0.1) is 6.10 Å². The number of aliphatic hydroxyl groups is 1. The van der Waals surface area contributed by atoms with Gasteiger partial charge in [-0.05, 0) is 90.9 Å². The highest BCUT2D eigenvalue weighted by Crippen LogP contribution is 2.59. The van der Waals surface area contributed by atoms with Crippen LogP contribution in [0.4, 0.5) is 0 Å². The summed E-state index contributed by atoms with van der Waals surface area (Å²) in [6.07, 6.45) is 10.2. The molecule has 0 amide bonds. The third-order valence-electron chi connectivity index (χ3n) is 10.1. The van der Waals surface area contributed by atoms with Gasteiger partial charge >= 0.3 is 0 Å². The Kier molecular flexibility index (Phi) is 8.65. The van der Waals surface area contributed by atoms with Crippen molar-refractivity contribution in [2.24, 2.45) is 23.2 Å². The molecule has 2 saturated carbocycles. The molecule has 2 aliphatic rings. The smallest absolute Gasteiger partial charge is 0.192 e. The van der Waals surface area contributed by atoms with Gasteiger partial charge in [0, 0.05) is 15.7 Å². The maximum atomic E-state index is 10.8. The van der Waals surface area contributed by atoms with Crippen molar-refractivity contribution in [2.75, 3.05) is 0 Å². The molecule has 0 bridgehead atoms. The first kappa shape index (κ1) is 26.4. The lowest BCUT2D eigenvalue weighted by molar-refractivity contribution is -0.0205. The van der Waals surface area contributed by atoms with E-state index in [4.69, 9.17) is 4.43 Å². The zero-order valence-corrected chi connectivity index (χ0v) is 24.1. The molecule has 2 aromatic rings. The molecule has 4 rings (SSSR count). The van der Waals surface area contributed by atoms with Crippen molar-refractivity contribution < 1.29 is 9.53 Å². The topological polar surface area (TPSA) is 29.5 Å². The number of aliphatic hydroxyl groups excluding tert-OH is 1. The average Bonchev–Trinajstić information content (AvgIpc) is 3.44. The molecule has 2 nitrogen and oxygen atoms in total. The van der Waals surface area contributed by atoms with Gasteiger partial charge < -0.3 is 9.53 Å². The molecule has 1 N–H and O–H groups in total. The van der Waals surface area contributed by atoms with Crippen molar-refractivity contribution in [1.29, 1.82) is 0 Å². The van der Waals surface area contributed by atoms with Crippen LogP contribution in [-0.4, -0.2) is 19.5 Å². The summed E-state index contributed by atoms with van der Waals surface area (Å²) in [4.78, 5) is 1.13. The van der Waals surface area contributed by atoms with Crippen molar-refractivity contribution >= 4 is 29.7 Å². The first-order valence-electron chi connectivity index (χ1n) is 14.2. The van der Waals surface area contributed by atoms with Gasteiger partial charge in [0.15, 0.2) is 8.32 Å². The average molecular weight is 501 g/mol. The quantitative estimate of drug-likeness (QED) is 0.311. The highest BCUT2D eigenvalue weighted by atomic mass is 32.1. The molecule has 34 heavy (non-hydrogen) atoms. The molecule has 1 aromatic heterocycles. The van der Waals surface area contributed by atoms with Crippen LogP contribution < -0.4 is 0 Å². The van der Waals surface area contributed by atoms with Crippen LogP contribution in [0, 0.1) is 23.2 Å². The Morgan fingerprint density at radius 1 is 1.09 bits per heavy atom. The summed E-state index contributed by atoms with van der Waals surface area (Å²) >= 11 is 1.75. The van der Waals surface area contributed by atoms with Crippen molar-refractivity contribution in [1.82, 2.24) is 0 Å². The summed E-state index contributed by atoms with van der Waals surface area (Å²) in [5.41, 5.74) is 0.446. The number of thiophene rings is 1. The molecular weight excluding hydrogens is 452 g/mol. The second-order valence-electron chi connectivity index (χ2n) is 11.7. The Morgan fingerprint density at radius 2 is 1.82 bits per heavy atom. The van der Waals surface area contributed by atoms with E-state index in [2.05, 4.69) is 65.0 Å². The maximum Gasteiger partial charge on any atom is 0.192 e. The van der Waals surface area contributed by atoms with E-state index in [9.17, 15) is 5.11 Å². The number of benzene rings is 1. The van der Waals surface area contributed by atoms with E-state index >= 15 is 0 Å². The fourth-order valence-electron chi connectivity index (χ4n) is 7.70. The van der Waals surface area contributed by atoms with E-state index in [0.29, 0.717) is 11.5 Å². The van der Waals surface area contributed by atoms with Crippen LogP contribution in [0.2, 0.25) is 18.1 Å². The van der Waals surface area contributed by atoms with Crippen molar-refractivity contribution in [3.63, 3.8) is 0 Å². The van der Waals surface area contributed by atoms with Gasteiger partial charge in [0.2, 0.25) is 0 Å². The Bertz CT molecular complexity index is 880. The lowest BCUT2D eigenvalue weighted by Crippen LogP contribution is -2.48. The molecular formula is C30H48O2SSi. The van der Waals surface area contributed by atoms with Gasteiger partial charge in [-0.2, -0.15) is 0 Å². The fourth-order valence-corrected chi connectivity index (χ4v) is 11.7. The zero-order valence-electron chi connectivity index (χ0n) is 22.3. The first-order chi connectivity index (χ1) is 16.4. The predicted octanol–water partition coefficient (Wildman–Crippen LogP) is 9.35. The molecule has 0 radical (unpaired) electrons. The summed E-state index contributed by atoms with van der Waals surface area (Å²) in [6, 6.07) is 14.5. The van der Waals surface area contributed by atoms with Crippen LogP contribution in [0.1, 0.15) is 97.0 Å². The second kappa shape index (κ2) is 11.1. The van der Waals surface area contributed by atoms with Crippen LogP contribution in [0.15, 0.2) is 30.3 Å². The molecule has 0 saturated heterocycles. The van der Waals surface area contributed by atoms with E-state index in [1.807, 2.05) is 0 Å². The highest BCUT2D eigenvalue weighted by molar-refractivity contribution is 7.19. The van der Waals surface area contributed by atoms with E-state index < -0.39 is 8.32 Å². The van der Waals surface area contributed by atoms with E-state index in [1.54, 1.807) is 11.3 Å². The molecule has 0 spiro atoms. The molecule has 4 heteroatoms. The monoisotopic (exact) mass is 500 g/mol. The third kappa shape index (κ3) is 5.21. The fraction of sp³-hybridized carbons (Fsp3) is 0.733. The Labute approximate surface area is 213 Å². The summed E-state index contributed by atoms with van der Waals surface area (Å²) in [6.45, 7) is 12.2. The lowest BCUT2D eigenvalue weighted by Gasteiger charge is -2.49. The minimum Gasteiger partial charge on any atom is -0.414 e. The molecule has 6 unspecified atom stereocenters. The standard InChI is InChI=1S/C30H48O2SSi/c1-6-34(7-2,8-3)32-27-16-12-20-30(5)24(18-19-25(27)30)22(4)13-11-15-26(31)29-21-23-14-9-10-17-28(23)33-29/h9-10,14,17,21-22,24-27,31H,6-8,11-13,15-16,18-20H2,1-5H3. The van der Waals surface area contributed by atoms with Gasteiger partial charge in [-0.1, -0.05) is 72.1 Å². The third-order valence-corrected chi connectivity index (χ3v) is 16.0. The largest absolute Gasteiger partial charge is 0.414 e. The number of rotatable bonds is 11. The zero-order chi connectivity index (χ0) is 24.3. The molecule has 2 aliphatic carbocycles. The Balaban J connectivity index is 1.34. The van der Waals surface area contributed by atoms with Gasteiger partial charge in [0.1, 0.15) is 0 Å². The van der Waals surface area contributed by atoms with Crippen LogP contribution in [0.3, 0.4) is 0 Å². The minimum absolute atomic E-state index is 0.320. The summed E-state index contributed by atoms with van der Waals surface area (Å²) < 4.78 is 8.41. The highest BCUT2D eigenvalue weighted by Gasteiger charge is 2.53. The van der Waals surface area contributed by atoms with E-state index in [0.717, 1.165) is 35.5 Å². The molecule has 2 fully saturated rings. The summed E-state index contributed by atoms with van der Waals surface area (Å²) in [5.74, 6) is 2.30. The van der Waals surface area contributed by atoms with Crippen LogP contribution in [-0.2, 0) is 4.43 Å². The van der Waals surface area contributed by atoms with Gasteiger partial charge in [-0.3, -0.25) is 0 Å². The predicted molar refractivity (Wildman–Crippen MR) is 150 cm³/mol. The first-order valence-corrected chi connectivity index (χ1v) is 17.5. The minimum atomic E-state index is -1.55. The molecule has 1 aromatic carbocycles. The van der Waals surface area contributed by atoms with Crippen molar-refractivity contribution in [3.05, 3.63) is 35.2 Å². The number of fused-ring (bicyclic) bond motifs is 2.